The number of pyridine rings is 2. The minimum absolute atomic E-state index is 0.127. The summed E-state index contributed by atoms with van der Waals surface area (Å²) in [5, 5.41) is 7.32. The summed E-state index contributed by atoms with van der Waals surface area (Å²) in [7, 11) is 1.68. The highest BCUT2D eigenvalue weighted by Gasteiger charge is 2.10. The van der Waals surface area contributed by atoms with Crippen molar-refractivity contribution < 1.29 is 0 Å². The Morgan fingerprint density at radius 3 is 2.90 bits per heavy atom. The van der Waals surface area contributed by atoms with Gasteiger partial charge in [0.05, 0.1) is 0 Å². The molecular formula is C14H15N5O. The van der Waals surface area contributed by atoms with Gasteiger partial charge in [0.25, 0.3) is 5.56 Å². The third-order valence-electron chi connectivity index (χ3n) is 3.00. The van der Waals surface area contributed by atoms with E-state index in [-0.39, 0.29) is 11.4 Å². The van der Waals surface area contributed by atoms with Gasteiger partial charge in [0, 0.05) is 54.1 Å². The number of allylic oxidation sites excluding steroid dienone is 1. The van der Waals surface area contributed by atoms with Crippen LogP contribution in [0.2, 0.25) is 0 Å². The maximum atomic E-state index is 12.1. The Bertz CT molecular complexity index is 745. The van der Waals surface area contributed by atoms with Crippen LogP contribution in [0.1, 0.15) is 5.56 Å². The van der Waals surface area contributed by atoms with Crippen molar-refractivity contribution in [1.29, 1.82) is 5.41 Å². The van der Waals surface area contributed by atoms with Crippen LogP contribution in [-0.2, 0) is 7.05 Å². The molecule has 0 aliphatic carbocycles. The number of anilines is 1. The maximum absolute atomic E-state index is 12.1. The highest BCUT2D eigenvalue weighted by Crippen LogP contribution is 2.23. The number of hydrogen-bond donors (Lipinski definition) is 3. The Morgan fingerprint density at radius 1 is 1.50 bits per heavy atom. The van der Waals surface area contributed by atoms with Crippen LogP contribution in [0.5, 0.6) is 0 Å². The SMILES string of the molecule is Cn1cccc(-c2cnc(N)c(/C(C=N)=C/N)c2)c1=O. The van der Waals surface area contributed by atoms with Crippen LogP contribution in [0.25, 0.3) is 16.7 Å². The Labute approximate surface area is 115 Å². The second-order valence-corrected chi connectivity index (χ2v) is 4.26. The molecule has 0 unspecified atom stereocenters. The quantitative estimate of drug-likeness (QED) is 0.721. The average molecular weight is 269 g/mol. The summed E-state index contributed by atoms with van der Waals surface area (Å²) in [5.74, 6) is 0.265. The van der Waals surface area contributed by atoms with E-state index < -0.39 is 0 Å². The Balaban J connectivity index is 2.66. The summed E-state index contributed by atoms with van der Waals surface area (Å²) >= 11 is 0. The number of aromatic nitrogens is 2. The molecule has 0 spiro atoms. The van der Waals surface area contributed by atoms with Crippen molar-refractivity contribution >= 4 is 17.6 Å². The lowest BCUT2D eigenvalue weighted by Gasteiger charge is -2.08. The Morgan fingerprint density at radius 2 is 2.25 bits per heavy atom. The van der Waals surface area contributed by atoms with Crippen molar-refractivity contribution in [2.24, 2.45) is 12.8 Å². The average Bonchev–Trinajstić information content (AvgIpc) is 2.45. The zero-order valence-corrected chi connectivity index (χ0v) is 11.0. The second kappa shape index (κ2) is 5.40. The number of hydrogen-bond acceptors (Lipinski definition) is 5. The lowest BCUT2D eigenvalue weighted by molar-refractivity contribution is 0.863. The van der Waals surface area contributed by atoms with E-state index >= 15 is 0 Å². The molecule has 0 saturated heterocycles. The van der Waals surface area contributed by atoms with Crippen LogP contribution < -0.4 is 17.0 Å². The number of nitrogens with one attached hydrogen (secondary N) is 1. The smallest absolute Gasteiger partial charge is 0.258 e. The van der Waals surface area contributed by atoms with E-state index in [0.717, 1.165) is 6.21 Å². The zero-order valence-electron chi connectivity index (χ0n) is 11.0. The summed E-state index contributed by atoms with van der Waals surface area (Å²) in [4.78, 5) is 16.2. The van der Waals surface area contributed by atoms with E-state index in [9.17, 15) is 4.79 Å². The van der Waals surface area contributed by atoms with Gasteiger partial charge in [-0.3, -0.25) is 4.79 Å². The van der Waals surface area contributed by atoms with Gasteiger partial charge in [-0.2, -0.15) is 0 Å². The fourth-order valence-electron chi connectivity index (χ4n) is 1.89. The highest BCUT2D eigenvalue weighted by molar-refractivity contribution is 6.10. The summed E-state index contributed by atoms with van der Waals surface area (Å²) in [5.41, 5.74) is 13.3. The van der Waals surface area contributed by atoms with E-state index in [4.69, 9.17) is 16.9 Å². The third kappa shape index (κ3) is 2.31. The molecule has 6 nitrogen and oxygen atoms in total. The monoisotopic (exact) mass is 269 g/mol. The molecule has 0 saturated carbocycles. The molecular weight excluding hydrogens is 254 g/mol. The predicted molar refractivity (Wildman–Crippen MR) is 80.3 cm³/mol. The van der Waals surface area contributed by atoms with Gasteiger partial charge < -0.3 is 21.4 Å². The van der Waals surface area contributed by atoms with Gasteiger partial charge in [0.1, 0.15) is 5.82 Å². The van der Waals surface area contributed by atoms with Gasteiger partial charge in [-0.15, -0.1) is 0 Å². The molecule has 0 bridgehead atoms. The van der Waals surface area contributed by atoms with Crippen molar-refractivity contribution in [3.05, 3.63) is 52.7 Å². The molecule has 2 aromatic rings. The van der Waals surface area contributed by atoms with Crippen LogP contribution >= 0.6 is 0 Å². The molecule has 2 rings (SSSR count). The lowest BCUT2D eigenvalue weighted by Crippen LogP contribution is -2.17. The molecule has 0 amide bonds. The highest BCUT2D eigenvalue weighted by atomic mass is 16.1. The van der Waals surface area contributed by atoms with Gasteiger partial charge in [-0.25, -0.2) is 4.98 Å². The summed E-state index contributed by atoms with van der Waals surface area (Å²) in [6.45, 7) is 0. The topological polar surface area (TPSA) is 111 Å². The number of nitrogens with two attached hydrogens (primary N) is 2. The van der Waals surface area contributed by atoms with Gasteiger partial charge in [0.15, 0.2) is 0 Å². The first-order valence-electron chi connectivity index (χ1n) is 5.92. The number of rotatable bonds is 3. The molecule has 2 aromatic heterocycles. The Kier molecular flexibility index (Phi) is 3.65. The van der Waals surface area contributed by atoms with Crippen LogP contribution in [0.3, 0.4) is 0 Å². The molecule has 0 fully saturated rings. The van der Waals surface area contributed by atoms with Gasteiger partial charge in [0.2, 0.25) is 0 Å². The Hall–Kier alpha value is -2.89. The zero-order chi connectivity index (χ0) is 14.7. The molecule has 0 aliphatic heterocycles. The number of aryl methyl sites for hydroxylation is 1. The fraction of sp³-hybridized carbons (Fsp3) is 0.0714. The maximum Gasteiger partial charge on any atom is 0.258 e. The molecule has 2 heterocycles. The summed E-state index contributed by atoms with van der Waals surface area (Å²) in [6.07, 6.45) is 5.60. The van der Waals surface area contributed by atoms with Crippen molar-refractivity contribution in [1.82, 2.24) is 9.55 Å². The molecule has 102 valence electrons. The third-order valence-corrected chi connectivity index (χ3v) is 3.00. The van der Waals surface area contributed by atoms with Gasteiger partial charge in [-0.05, 0) is 18.2 Å². The van der Waals surface area contributed by atoms with Crippen LogP contribution in [0, 0.1) is 5.41 Å². The molecule has 5 N–H and O–H groups in total. The molecule has 0 atom stereocenters. The first kappa shape index (κ1) is 13.5. The molecule has 6 heteroatoms. The van der Waals surface area contributed by atoms with Crippen molar-refractivity contribution in [2.75, 3.05) is 5.73 Å². The van der Waals surface area contributed by atoms with Gasteiger partial charge in [-0.1, -0.05) is 0 Å². The predicted octanol–water partition coefficient (Wildman–Crippen LogP) is 0.979. The first-order valence-corrected chi connectivity index (χ1v) is 5.92. The van der Waals surface area contributed by atoms with Crippen LogP contribution in [0.15, 0.2) is 41.6 Å². The largest absolute Gasteiger partial charge is 0.404 e. The minimum Gasteiger partial charge on any atom is -0.404 e. The van der Waals surface area contributed by atoms with Gasteiger partial charge >= 0.3 is 0 Å². The molecule has 0 aliphatic rings. The van der Waals surface area contributed by atoms with E-state index in [0.29, 0.717) is 22.3 Å². The van der Waals surface area contributed by atoms with E-state index in [2.05, 4.69) is 4.98 Å². The number of nitrogens with zero attached hydrogens (tertiary/aromatic N) is 2. The van der Waals surface area contributed by atoms with Crippen LogP contribution in [-0.4, -0.2) is 15.8 Å². The van der Waals surface area contributed by atoms with Crippen molar-refractivity contribution in [3.8, 4) is 11.1 Å². The van der Waals surface area contributed by atoms with Crippen molar-refractivity contribution in [2.45, 2.75) is 0 Å². The summed E-state index contributed by atoms with van der Waals surface area (Å²) < 4.78 is 1.49. The second-order valence-electron chi connectivity index (χ2n) is 4.26. The molecule has 20 heavy (non-hydrogen) atoms. The lowest BCUT2D eigenvalue weighted by atomic mass is 10.0. The standard InChI is InChI=1S/C14H15N5O/c1-19-4-2-3-11(14(19)20)9-5-12(10(6-15)7-16)13(17)18-8-9/h2-8,15H,16H2,1H3,(H2,17,18)/b10-7+,15-6?. The molecule has 0 aromatic carbocycles. The number of nitrogen functional groups attached to an aromatic ring is 1. The van der Waals surface area contributed by atoms with E-state index in [1.807, 2.05) is 0 Å². The van der Waals surface area contributed by atoms with E-state index in [1.54, 1.807) is 31.4 Å². The van der Waals surface area contributed by atoms with Crippen LogP contribution in [0.4, 0.5) is 5.82 Å². The fourth-order valence-corrected chi connectivity index (χ4v) is 1.89. The van der Waals surface area contributed by atoms with E-state index in [1.165, 1.54) is 17.0 Å². The first-order chi connectivity index (χ1) is 9.58. The minimum atomic E-state index is -0.127. The molecule has 0 radical (unpaired) electrons. The summed E-state index contributed by atoms with van der Waals surface area (Å²) in [6, 6.07) is 5.21. The van der Waals surface area contributed by atoms with Crippen molar-refractivity contribution in [3.63, 3.8) is 0 Å². The normalized spacial score (nSPS) is 11.3.